The van der Waals surface area contributed by atoms with E-state index in [1.165, 1.54) is 0 Å². The topological polar surface area (TPSA) is 61.7 Å². The summed E-state index contributed by atoms with van der Waals surface area (Å²) in [6, 6.07) is -0.0347. The Bertz CT molecular complexity index is 132. The van der Waals surface area contributed by atoms with Crippen molar-refractivity contribution in [3.63, 3.8) is 0 Å². The number of amides is 1. The van der Waals surface area contributed by atoms with E-state index >= 15 is 0 Å². The summed E-state index contributed by atoms with van der Waals surface area (Å²) in [5.74, 6) is 0. The van der Waals surface area contributed by atoms with E-state index in [1.807, 2.05) is 0 Å². The lowest BCUT2D eigenvalue weighted by Crippen LogP contribution is -2.41. The molecule has 1 aliphatic heterocycles. The molecule has 0 saturated heterocycles. The SMILES string of the molecule is O=C(O)NC1C=NC1. The molecule has 4 nitrogen and oxygen atoms in total. The molecule has 1 heterocycles. The van der Waals surface area contributed by atoms with Crippen LogP contribution in [0.2, 0.25) is 0 Å². The van der Waals surface area contributed by atoms with Crippen molar-refractivity contribution < 1.29 is 9.90 Å². The Morgan fingerprint density at radius 2 is 2.62 bits per heavy atom. The fourth-order valence-corrected chi connectivity index (χ4v) is 0.452. The Labute approximate surface area is 46.2 Å². The van der Waals surface area contributed by atoms with Crippen molar-refractivity contribution in [1.29, 1.82) is 0 Å². The Balaban J connectivity index is 2.20. The highest BCUT2D eigenvalue weighted by atomic mass is 16.4. The van der Waals surface area contributed by atoms with E-state index in [2.05, 4.69) is 10.3 Å². The third-order valence-corrected chi connectivity index (χ3v) is 0.896. The summed E-state index contributed by atoms with van der Waals surface area (Å²) in [6.07, 6.45) is 0.592. The van der Waals surface area contributed by atoms with Crippen LogP contribution in [0.1, 0.15) is 0 Å². The van der Waals surface area contributed by atoms with Gasteiger partial charge in [-0.15, -0.1) is 0 Å². The van der Waals surface area contributed by atoms with E-state index in [0.29, 0.717) is 6.54 Å². The molecule has 0 aromatic heterocycles. The summed E-state index contributed by atoms with van der Waals surface area (Å²) in [5.41, 5.74) is 0. The first-order chi connectivity index (χ1) is 3.79. The van der Waals surface area contributed by atoms with Gasteiger partial charge >= 0.3 is 6.09 Å². The second-order valence-electron chi connectivity index (χ2n) is 1.57. The third kappa shape index (κ3) is 0.959. The van der Waals surface area contributed by atoms with Crippen molar-refractivity contribution in [3.8, 4) is 0 Å². The van der Waals surface area contributed by atoms with Crippen molar-refractivity contribution in [2.24, 2.45) is 4.99 Å². The van der Waals surface area contributed by atoms with Crippen molar-refractivity contribution in [2.45, 2.75) is 6.04 Å². The van der Waals surface area contributed by atoms with Crippen molar-refractivity contribution in [1.82, 2.24) is 5.32 Å². The van der Waals surface area contributed by atoms with Gasteiger partial charge in [-0.25, -0.2) is 4.79 Å². The summed E-state index contributed by atoms with van der Waals surface area (Å²) in [6.45, 7) is 0.590. The predicted octanol–water partition coefficient (Wildman–Crippen LogP) is -0.293. The maximum absolute atomic E-state index is 9.83. The molecule has 0 aliphatic carbocycles. The first-order valence-corrected chi connectivity index (χ1v) is 2.28. The largest absolute Gasteiger partial charge is 0.465 e. The number of nitrogens with zero attached hydrogens (tertiary/aromatic N) is 1. The molecule has 1 rings (SSSR count). The molecule has 8 heavy (non-hydrogen) atoms. The Hall–Kier alpha value is -1.06. The Kier molecular flexibility index (Phi) is 1.15. The second kappa shape index (κ2) is 1.81. The molecule has 1 aliphatic rings. The van der Waals surface area contributed by atoms with Gasteiger partial charge in [0, 0.05) is 6.21 Å². The molecule has 0 bridgehead atoms. The zero-order chi connectivity index (χ0) is 5.98. The van der Waals surface area contributed by atoms with Gasteiger partial charge in [-0.3, -0.25) is 4.99 Å². The van der Waals surface area contributed by atoms with Gasteiger partial charge in [-0.1, -0.05) is 0 Å². The minimum Gasteiger partial charge on any atom is -0.465 e. The van der Waals surface area contributed by atoms with Gasteiger partial charge in [-0.05, 0) is 0 Å². The summed E-state index contributed by atoms with van der Waals surface area (Å²) in [4.78, 5) is 13.5. The van der Waals surface area contributed by atoms with Gasteiger partial charge in [0.2, 0.25) is 0 Å². The molecule has 4 heteroatoms. The number of carbonyl (C=O) groups is 1. The average Bonchev–Trinajstić information content (AvgIpc) is 1.55. The third-order valence-electron chi connectivity index (χ3n) is 0.896. The first kappa shape index (κ1) is 5.08. The molecule has 0 aromatic carbocycles. The van der Waals surface area contributed by atoms with Crippen LogP contribution in [0.5, 0.6) is 0 Å². The molecule has 1 unspecified atom stereocenters. The molecular weight excluding hydrogens is 108 g/mol. The zero-order valence-corrected chi connectivity index (χ0v) is 4.16. The standard InChI is InChI=1S/C4H6N2O2/c7-4(8)6-3-1-5-2-3/h1,3,6H,2H2,(H,7,8). The van der Waals surface area contributed by atoms with E-state index in [0.717, 1.165) is 0 Å². The van der Waals surface area contributed by atoms with Gasteiger partial charge in [0.05, 0.1) is 12.6 Å². The molecule has 0 aromatic rings. The summed E-state index contributed by atoms with van der Waals surface area (Å²) < 4.78 is 0. The Morgan fingerprint density at radius 1 is 2.00 bits per heavy atom. The van der Waals surface area contributed by atoms with Crippen molar-refractivity contribution in [2.75, 3.05) is 6.54 Å². The molecule has 2 N–H and O–H groups in total. The van der Waals surface area contributed by atoms with Crippen LogP contribution in [0, 0.1) is 0 Å². The van der Waals surface area contributed by atoms with E-state index in [-0.39, 0.29) is 6.04 Å². The molecule has 0 radical (unpaired) electrons. The highest BCUT2D eigenvalue weighted by molar-refractivity contribution is 5.77. The molecule has 1 atom stereocenters. The van der Waals surface area contributed by atoms with Gasteiger partial charge in [0.1, 0.15) is 0 Å². The molecule has 44 valence electrons. The fraction of sp³-hybridized carbons (Fsp3) is 0.500. The predicted molar refractivity (Wildman–Crippen MR) is 28.3 cm³/mol. The number of aliphatic imine (C=N–C) groups is 1. The molecule has 1 amide bonds. The van der Waals surface area contributed by atoms with Gasteiger partial charge in [-0.2, -0.15) is 0 Å². The van der Waals surface area contributed by atoms with Crippen molar-refractivity contribution >= 4 is 12.3 Å². The summed E-state index contributed by atoms with van der Waals surface area (Å²) in [7, 11) is 0. The highest BCUT2D eigenvalue weighted by Gasteiger charge is 2.12. The summed E-state index contributed by atoms with van der Waals surface area (Å²) >= 11 is 0. The number of hydrogen-bond donors (Lipinski definition) is 2. The van der Waals surface area contributed by atoms with Crippen LogP contribution in [0.4, 0.5) is 4.79 Å². The highest BCUT2D eigenvalue weighted by Crippen LogP contribution is 1.90. The monoisotopic (exact) mass is 114 g/mol. The van der Waals surface area contributed by atoms with E-state index < -0.39 is 6.09 Å². The minimum atomic E-state index is -0.985. The van der Waals surface area contributed by atoms with Gasteiger partial charge in [0.25, 0.3) is 0 Å². The minimum absolute atomic E-state index is 0.0347. The lowest BCUT2D eigenvalue weighted by atomic mass is 10.2. The summed E-state index contributed by atoms with van der Waals surface area (Å²) in [5, 5.41) is 10.3. The van der Waals surface area contributed by atoms with Crippen LogP contribution in [0.15, 0.2) is 4.99 Å². The zero-order valence-electron chi connectivity index (χ0n) is 4.16. The van der Waals surface area contributed by atoms with Crippen LogP contribution in [-0.2, 0) is 0 Å². The second-order valence-corrected chi connectivity index (χ2v) is 1.57. The van der Waals surface area contributed by atoms with E-state index in [4.69, 9.17) is 5.11 Å². The van der Waals surface area contributed by atoms with E-state index in [9.17, 15) is 4.79 Å². The fourth-order valence-electron chi connectivity index (χ4n) is 0.452. The molecule has 0 spiro atoms. The van der Waals surface area contributed by atoms with Crippen LogP contribution in [0.25, 0.3) is 0 Å². The van der Waals surface area contributed by atoms with Crippen molar-refractivity contribution in [3.05, 3.63) is 0 Å². The van der Waals surface area contributed by atoms with Crippen LogP contribution in [0.3, 0.4) is 0 Å². The average molecular weight is 114 g/mol. The normalized spacial score (nSPS) is 24.2. The maximum Gasteiger partial charge on any atom is 0.405 e. The van der Waals surface area contributed by atoms with Crippen LogP contribution in [-0.4, -0.2) is 30.0 Å². The molecule has 0 saturated carbocycles. The number of rotatable bonds is 1. The van der Waals surface area contributed by atoms with Gasteiger partial charge < -0.3 is 10.4 Å². The number of hydrogen-bond acceptors (Lipinski definition) is 2. The van der Waals surface area contributed by atoms with Crippen LogP contribution >= 0.6 is 0 Å². The lowest BCUT2D eigenvalue weighted by molar-refractivity contribution is 0.192. The Morgan fingerprint density at radius 3 is 2.75 bits per heavy atom. The number of carboxylic acid groups (broad SMARTS) is 1. The maximum atomic E-state index is 9.83. The lowest BCUT2D eigenvalue weighted by Gasteiger charge is -2.15. The first-order valence-electron chi connectivity index (χ1n) is 2.28. The quantitative estimate of drug-likeness (QED) is 0.492. The van der Waals surface area contributed by atoms with Gasteiger partial charge in [0.15, 0.2) is 0 Å². The molecule has 0 fully saturated rings. The molecular formula is C4H6N2O2. The number of nitrogens with one attached hydrogen (secondary N) is 1. The van der Waals surface area contributed by atoms with E-state index in [1.54, 1.807) is 6.21 Å². The van der Waals surface area contributed by atoms with Crippen LogP contribution < -0.4 is 5.32 Å². The smallest absolute Gasteiger partial charge is 0.405 e.